The first kappa shape index (κ1) is 67.3. The van der Waals surface area contributed by atoms with Gasteiger partial charge in [0.15, 0.2) is 6.10 Å². The lowest BCUT2D eigenvalue weighted by Gasteiger charge is -2.61. The van der Waals surface area contributed by atoms with Crippen LogP contribution in [0.1, 0.15) is 306 Å². The summed E-state index contributed by atoms with van der Waals surface area (Å²) in [5.74, 6) is 0.838. The van der Waals surface area contributed by atoms with E-state index in [1.54, 1.807) is 20.8 Å². The standard InChI is InChI=1S/C66H114O12/c1-9-11-13-15-17-19-21-23-25-27-29-31-33-35-59(68)73-48-54(49-74-60(69)36-34-32-30-28-26-24-22-20-18-16-14-12-10-2)77-62(71)47-64(5,6)46-61(70)75-51(4)76-63(72)78-53-41-43-65(7)52(45-53)37-38-55-57-40-39-56(50(3)67)66(57,8)44-42-58(55)65/h51-58H,9-49H2,1-8H3/t51?,52-,53?,55-,56+,57-,58-,65-,66+/m0/s1. The minimum absolute atomic E-state index is 0.125. The summed E-state index contributed by atoms with van der Waals surface area (Å²) in [5.41, 5.74) is -0.603. The summed E-state index contributed by atoms with van der Waals surface area (Å²) >= 11 is 0. The number of Topliss-reactive ketones (excluding diaryl/α,β-unsaturated/α-hetero) is 1. The number of ether oxygens (including phenoxy) is 6. The minimum atomic E-state index is -1.20. The van der Waals surface area contributed by atoms with E-state index in [2.05, 4.69) is 27.7 Å². The van der Waals surface area contributed by atoms with Gasteiger partial charge in [-0.2, -0.15) is 0 Å². The Morgan fingerprint density at radius 3 is 1.41 bits per heavy atom. The molecule has 0 amide bonds. The molecule has 12 heteroatoms. The van der Waals surface area contributed by atoms with E-state index in [9.17, 15) is 28.8 Å². The molecule has 0 aromatic rings. The molecule has 4 aliphatic rings. The normalized spacial score (nSPS) is 25.0. The quantitative estimate of drug-likeness (QED) is 0.0247. The summed E-state index contributed by atoms with van der Waals surface area (Å²) in [6, 6.07) is 0. The van der Waals surface area contributed by atoms with Gasteiger partial charge in [0, 0.05) is 25.7 Å². The second-order valence-electron chi connectivity index (χ2n) is 26.4. The number of hydrogen-bond acceptors (Lipinski definition) is 12. The number of hydrogen-bond donors (Lipinski definition) is 0. The van der Waals surface area contributed by atoms with Gasteiger partial charge in [-0.25, -0.2) is 4.79 Å². The van der Waals surface area contributed by atoms with Gasteiger partial charge in [-0.05, 0) is 117 Å². The van der Waals surface area contributed by atoms with Crippen LogP contribution in [-0.4, -0.2) is 67.5 Å². The van der Waals surface area contributed by atoms with Crippen LogP contribution in [0.5, 0.6) is 0 Å². The highest BCUT2D eigenvalue weighted by atomic mass is 16.8. The van der Waals surface area contributed by atoms with Crippen LogP contribution in [0.4, 0.5) is 4.79 Å². The van der Waals surface area contributed by atoms with Crippen LogP contribution in [0.15, 0.2) is 0 Å². The number of esters is 4. The van der Waals surface area contributed by atoms with Crippen LogP contribution in [-0.2, 0) is 52.4 Å². The molecule has 4 fully saturated rings. The van der Waals surface area contributed by atoms with E-state index < -0.39 is 35.9 Å². The molecule has 0 bridgehead atoms. The molecule has 0 saturated heterocycles. The number of carbonyl (C=O) groups excluding carboxylic acids is 6. The van der Waals surface area contributed by atoms with E-state index in [0.717, 1.165) is 103 Å². The molecule has 0 aromatic heterocycles. The van der Waals surface area contributed by atoms with Gasteiger partial charge in [-0.15, -0.1) is 0 Å². The molecule has 4 rings (SSSR count). The summed E-state index contributed by atoms with van der Waals surface area (Å²) in [7, 11) is 0. The van der Waals surface area contributed by atoms with Gasteiger partial charge in [0.2, 0.25) is 6.29 Å². The van der Waals surface area contributed by atoms with Gasteiger partial charge < -0.3 is 28.4 Å². The Morgan fingerprint density at radius 1 is 0.500 bits per heavy atom. The summed E-state index contributed by atoms with van der Waals surface area (Å²) in [5, 5.41) is 0. The Labute approximate surface area is 474 Å². The van der Waals surface area contributed by atoms with Crippen molar-refractivity contribution in [3.63, 3.8) is 0 Å². The maximum Gasteiger partial charge on any atom is 0.511 e. The van der Waals surface area contributed by atoms with Crippen LogP contribution in [0.25, 0.3) is 0 Å². The number of fused-ring (bicyclic) bond motifs is 5. The molecule has 0 spiro atoms. The van der Waals surface area contributed by atoms with Crippen molar-refractivity contribution in [2.75, 3.05) is 13.2 Å². The highest BCUT2D eigenvalue weighted by Crippen LogP contribution is 2.67. The molecule has 0 aliphatic heterocycles. The van der Waals surface area contributed by atoms with E-state index >= 15 is 0 Å². The van der Waals surface area contributed by atoms with Gasteiger partial charge in [-0.3, -0.25) is 24.0 Å². The number of ketones is 1. The second-order valence-corrected chi connectivity index (χ2v) is 26.4. The van der Waals surface area contributed by atoms with Crippen LogP contribution >= 0.6 is 0 Å². The largest absolute Gasteiger partial charge is 0.511 e. The molecule has 450 valence electrons. The van der Waals surface area contributed by atoms with E-state index in [1.807, 2.05) is 0 Å². The van der Waals surface area contributed by atoms with Crippen molar-refractivity contribution in [2.24, 2.45) is 45.8 Å². The van der Waals surface area contributed by atoms with E-state index in [4.69, 9.17) is 28.4 Å². The van der Waals surface area contributed by atoms with Crippen LogP contribution in [0.2, 0.25) is 0 Å². The lowest BCUT2D eigenvalue weighted by Crippen LogP contribution is -2.54. The van der Waals surface area contributed by atoms with Crippen molar-refractivity contribution < 1.29 is 57.2 Å². The smallest absolute Gasteiger partial charge is 0.462 e. The zero-order valence-corrected chi connectivity index (χ0v) is 51.0. The second kappa shape index (κ2) is 36.3. The maximum atomic E-state index is 13.4. The Kier molecular flexibility index (Phi) is 31.3. The van der Waals surface area contributed by atoms with Crippen molar-refractivity contribution in [1.82, 2.24) is 0 Å². The summed E-state index contributed by atoms with van der Waals surface area (Å²) in [6.45, 7) is 15.6. The Hall–Kier alpha value is -3.18. The number of rotatable bonds is 41. The average Bonchev–Trinajstić information content (AvgIpc) is 3.95. The molecule has 78 heavy (non-hydrogen) atoms. The molecule has 4 aliphatic carbocycles. The van der Waals surface area contributed by atoms with Gasteiger partial charge in [0.1, 0.15) is 25.1 Å². The maximum absolute atomic E-state index is 13.4. The first-order chi connectivity index (χ1) is 37.4. The molecule has 0 heterocycles. The van der Waals surface area contributed by atoms with Gasteiger partial charge >= 0.3 is 30.0 Å². The summed E-state index contributed by atoms with van der Waals surface area (Å²) in [4.78, 5) is 77.9. The summed E-state index contributed by atoms with van der Waals surface area (Å²) < 4.78 is 33.7. The Balaban J connectivity index is 1.15. The van der Waals surface area contributed by atoms with Gasteiger partial charge in [0.25, 0.3) is 0 Å². The number of carbonyl (C=O) groups is 6. The first-order valence-electron chi connectivity index (χ1n) is 32.5. The zero-order valence-electron chi connectivity index (χ0n) is 51.0. The topological polar surface area (TPSA) is 158 Å². The third-order valence-electron chi connectivity index (χ3n) is 19.3. The minimum Gasteiger partial charge on any atom is -0.462 e. The summed E-state index contributed by atoms with van der Waals surface area (Å²) in [6.07, 6.45) is 37.5. The zero-order chi connectivity index (χ0) is 56.8. The van der Waals surface area contributed by atoms with E-state index in [1.165, 1.54) is 129 Å². The Bertz CT molecular complexity index is 1720. The average molecular weight is 1100 g/mol. The number of unbranched alkanes of at least 4 members (excludes halogenated alkanes) is 24. The van der Waals surface area contributed by atoms with Crippen LogP contribution in [0, 0.1) is 45.8 Å². The fraction of sp³-hybridized carbons (Fsp3) is 0.909. The lowest BCUT2D eigenvalue weighted by molar-refractivity contribution is -0.175. The molecule has 2 unspecified atom stereocenters. The molecule has 9 atom stereocenters. The van der Waals surface area contributed by atoms with Crippen molar-refractivity contribution in [3.8, 4) is 0 Å². The van der Waals surface area contributed by atoms with E-state index in [0.29, 0.717) is 29.5 Å². The molecule has 4 saturated carbocycles. The van der Waals surface area contributed by atoms with Crippen molar-refractivity contribution in [1.29, 1.82) is 0 Å². The highest BCUT2D eigenvalue weighted by molar-refractivity contribution is 5.79. The SMILES string of the molecule is CCCCCCCCCCCCCCCC(=O)OCC(COC(=O)CCCCCCCCCCCCCCC)OC(=O)CC(C)(C)CC(=O)OC(C)OC(=O)OC1CC[C@@]2(C)[C@@H](CC[C@@H]3[C@@H]2CC[C@]2(C)[C@@H](C(C)=O)CC[C@@H]32)C1. The third kappa shape index (κ3) is 24.1. The van der Waals surface area contributed by atoms with Crippen molar-refractivity contribution in [3.05, 3.63) is 0 Å². The Morgan fingerprint density at radius 2 is 0.936 bits per heavy atom. The molecule has 0 radical (unpaired) electrons. The molecule has 12 nitrogen and oxygen atoms in total. The molecule has 0 aromatic carbocycles. The van der Waals surface area contributed by atoms with E-state index in [-0.39, 0.29) is 73.7 Å². The van der Waals surface area contributed by atoms with Crippen molar-refractivity contribution in [2.45, 2.75) is 324 Å². The van der Waals surface area contributed by atoms with Crippen LogP contribution < -0.4 is 0 Å². The predicted octanol–water partition coefficient (Wildman–Crippen LogP) is 17.4. The molecular formula is C66H114O12. The van der Waals surface area contributed by atoms with Gasteiger partial charge in [0.05, 0.1) is 12.8 Å². The molecule has 0 N–H and O–H groups in total. The third-order valence-corrected chi connectivity index (χ3v) is 19.3. The molecular weight excluding hydrogens is 985 g/mol. The fourth-order valence-corrected chi connectivity index (χ4v) is 14.8. The first-order valence-corrected chi connectivity index (χ1v) is 32.5. The van der Waals surface area contributed by atoms with Crippen LogP contribution in [0.3, 0.4) is 0 Å². The monoisotopic (exact) mass is 1100 g/mol. The van der Waals surface area contributed by atoms with Gasteiger partial charge in [-0.1, -0.05) is 196 Å². The lowest BCUT2D eigenvalue weighted by atomic mass is 9.44. The fourth-order valence-electron chi connectivity index (χ4n) is 14.8. The highest BCUT2D eigenvalue weighted by Gasteiger charge is 2.61. The van der Waals surface area contributed by atoms with Crippen molar-refractivity contribution >= 4 is 35.8 Å². The predicted molar refractivity (Wildman–Crippen MR) is 308 cm³/mol.